The third-order valence-electron chi connectivity index (χ3n) is 2.72. The summed E-state index contributed by atoms with van der Waals surface area (Å²) in [5.74, 6) is 0. The summed E-state index contributed by atoms with van der Waals surface area (Å²) in [6, 6.07) is 6.39. The summed E-state index contributed by atoms with van der Waals surface area (Å²) >= 11 is 0. The molecule has 0 amide bonds. The molecule has 1 aromatic carbocycles. The molecule has 1 saturated heterocycles. The highest BCUT2D eigenvalue weighted by Crippen LogP contribution is 2.17. The molecule has 1 heterocycles. The van der Waals surface area contributed by atoms with E-state index in [9.17, 15) is 10.1 Å². The van der Waals surface area contributed by atoms with Crippen LogP contribution in [0.3, 0.4) is 0 Å². The molecule has 1 aliphatic rings. The van der Waals surface area contributed by atoms with Gasteiger partial charge in [0.1, 0.15) is 0 Å². The summed E-state index contributed by atoms with van der Waals surface area (Å²) in [5, 5.41) is 10.5. The molecule has 0 bridgehead atoms. The third-order valence-corrected chi connectivity index (χ3v) is 2.72. The third kappa shape index (κ3) is 3.51. The van der Waals surface area contributed by atoms with Gasteiger partial charge in [0.2, 0.25) is 0 Å². The zero-order chi connectivity index (χ0) is 12.1. The molecule has 0 radical (unpaired) electrons. The number of ether oxygens (including phenoxy) is 2. The minimum Gasteiger partial charge on any atom is -0.353 e. The van der Waals surface area contributed by atoms with Crippen molar-refractivity contribution in [2.24, 2.45) is 0 Å². The van der Waals surface area contributed by atoms with Crippen LogP contribution in [0.4, 0.5) is 5.69 Å². The van der Waals surface area contributed by atoms with Gasteiger partial charge in [-0.25, -0.2) is 0 Å². The number of nitro groups is 1. The summed E-state index contributed by atoms with van der Waals surface area (Å²) < 4.78 is 11.0. The van der Waals surface area contributed by atoms with Gasteiger partial charge >= 0.3 is 0 Å². The second-order valence-electron chi connectivity index (χ2n) is 4.03. The fraction of sp³-hybridized carbons (Fsp3) is 0.500. The molecule has 0 saturated carbocycles. The van der Waals surface area contributed by atoms with Crippen LogP contribution in [-0.4, -0.2) is 17.8 Å². The van der Waals surface area contributed by atoms with Crippen LogP contribution in [0.2, 0.25) is 0 Å². The molecule has 0 spiro atoms. The van der Waals surface area contributed by atoms with Gasteiger partial charge in [-0.2, -0.15) is 0 Å². The molecule has 1 aliphatic heterocycles. The van der Waals surface area contributed by atoms with E-state index in [4.69, 9.17) is 9.47 Å². The van der Waals surface area contributed by atoms with Gasteiger partial charge in [0.25, 0.3) is 5.69 Å². The number of non-ortho nitro benzene ring substituents is 1. The summed E-state index contributed by atoms with van der Waals surface area (Å²) in [5.41, 5.74) is 1.02. The summed E-state index contributed by atoms with van der Waals surface area (Å²) in [4.78, 5) is 10.1. The molecule has 2 rings (SSSR count). The highest BCUT2D eigenvalue weighted by molar-refractivity contribution is 5.32. The number of rotatable bonds is 4. The highest BCUT2D eigenvalue weighted by Gasteiger charge is 2.14. The van der Waals surface area contributed by atoms with Crippen molar-refractivity contribution in [3.63, 3.8) is 0 Å². The summed E-state index contributed by atoms with van der Waals surface area (Å²) in [6.07, 6.45) is 3.02. The van der Waals surface area contributed by atoms with Crippen molar-refractivity contribution < 1.29 is 14.4 Å². The van der Waals surface area contributed by atoms with Crippen molar-refractivity contribution >= 4 is 5.69 Å². The average Bonchev–Trinajstić information content (AvgIpc) is 2.38. The van der Waals surface area contributed by atoms with Gasteiger partial charge in [0.15, 0.2) is 6.29 Å². The molecule has 1 unspecified atom stereocenters. The van der Waals surface area contributed by atoms with E-state index in [1.807, 2.05) is 0 Å². The Morgan fingerprint density at radius 1 is 1.35 bits per heavy atom. The number of benzene rings is 1. The molecule has 1 atom stereocenters. The Kier molecular flexibility index (Phi) is 4.06. The largest absolute Gasteiger partial charge is 0.353 e. The smallest absolute Gasteiger partial charge is 0.269 e. The van der Waals surface area contributed by atoms with Crippen LogP contribution < -0.4 is 0 Å². The maximum atomic E-state index is 10.5. The number of nitro benzene ring substituents is 1. The normalized spacial score (nSPS) is 20.1. The van der Waals surface area contributed by atoms with Gasteiger partial charge in [-0.05, 0) is 37.0 Å². The monoisotopic (exact) mass is 237 g/mol. The fourth-order valence-electron chi connectivity index (χ4n) is 1.75. The van der Waals surface area contributed by atoms with Crippen LogP contribution in [0.25, 0.3) is 0 Å². The SMILES string of the molecule is O=[N+]([O-])c1ccc(COC2CCCCO2)cc1. The topological polar surface area (TPSA) is 61.6 Å². The molecule has 17 heavy (non-hydrogen) atoms. The maximum Gasteiger partial charge on any atom is 0.269 e. The maximum absolute atomic E-state index is 10.5. The molecule has 1 aromatic rings. The van der Waals surface area contributed by atoms with Crippen LogP contribution in [0, 0.1) is 10.1 Å². The minimum atomic E-state index is -0.408. The Labute approximate surface area is 99.5 Å². The Morgan fingerprint density at radius 3 is 2.71 bits per heavy atom. The average molecular weight is 237 g/mol. The minimum absolute atomic E-state index is 0.0997. The second-order valence-corrected chi connectivity index (χ2v) is 4.03. The molecule has 5 heteroatoms. The lowest BCUT2D eigenvalue weighted by Gasteiger charge is -2.22. The van der Waals surface area contributed by atoms with E-state index in [1.165, 1.54) is 12.1 Å². The summed E-state index contributed by atoms with van der Waals surface area (Å²) in [6.45, 7) is 1.19. The molecular weight excluding hydrogens is 222 g/mol. The van der Waals surface area contributed by atoms with E-state index in [2.05, 4.69) is 0 Å². The lowest BCUT2D eigenvalue weighted by Crippen LogP contribution is -2.21. The van der Waals surface area contributed by atoms with Crippen molar-refractivity contribution in [1.29, 1.82) is 0 Å². The Hall–Kier alpha value is -1.46. The van der Waals surface area contributed by atoms with Gasteiger partial charge in [0.05, 0.1) is 11.5 Å². The lowest BCUT2D eigenvalue weighted by atomic mass is 10.2. The quantitative estimate of drug-likeness (QED) is 0.596. The van der Waals surface area contributed by atoms with Gasteiger partial charge in [-0.3, -0.25) is 10.1 Å². The molecular formula is C12H15NO4. The summed E-state index contributed by atoms with van der Waals surface area (Å²) in [7, 11) is 0. The second kappa shape index (κ2) is 5.75. The first-order valence-electron chi connectivity index (χ1n) is 5.72. The van der Waals surface area contributed by atoms with Crippen molar-refractivity contribution in [2.75, 3.05) is 6.61 Å². The van der Waals surface area contributed by atoms with Crippen molar-refractivity contribution in [1.82, 2.24) is 0 Å². The van der Waals surface area contributed by atoms with Crippen LogP contribution >= 0.6 is 0 Å². The molecule has 92 valence electrons. The Bertz CT molecular complexity index is 371. The highest BCUT2D eigenvalue weighted by atomic mass is 16.7. The molecule has 0 aliphatic carbocycles. The Balaban J connectivity index is 1.84. The fourth-order valence-corrected chi connectivity index (χ4v) is 1.75. The van der Waals surface area contributed by atoms with E-state index in [-0.39, 0.29) is 12.0 Å². The first-order valence-corrected chi connectivity index (χ1v) is 5.72. The first kappa shape index (κ1) is 12.0. The van der Waals surface area contributed by atoms with E-state index in [0.29, 0.717) is 6.61 Å². The van der Waals surface area contributed by atoms with Crippen LogP contribution in [0.5, 0.6) is 0 Å². The molecule has 5 nitrogen and oxygen atoms in total. The van der Waals surface area contributed by atoms with Crippen molar-refractivity contribution in [2.45, 2.75) is 32.2 Å². The first-order chi connectivity index (χ1) is 8.25. The van der Waals surface area contributed by atoms with E-state index < -0.39 is 4.92 Å². The predicted molar refractivity (Wildman–Crippen MR) is 61.5 cm³/mol. The zero-order valence-corrected chi connectivity index (χ0v) is 9.50. The van der Waals surface area contributed by atoms with Crippen LogP contribution in [0.15, 0.2) is 24.3 Å². The molecule has 0 N–H and O–H groups in total. The zero-order valence-electron chi connectivity index (χ0n) is 9.50. The number of hydrogen-bond acceptors (Lipinski definition) is 4. The molecule has 1 fully saturated rings. The number of hydrogen-bond donors (Lipinski definition) is 0. The van der Waals surface area contributed by atoms with Gasteiger partial charge in [0, 0.05) is 18.7 Å². The number of nitrogens with zero attached hydrogens (tertiary/aromatic N) is 1. The van der Waals surface area contributed by atoms with Gasteiger partial charge in [-0.1, -0.05) is 0 Å². The van der Waals surface area contributed by atoms with E-state index >= 15 is 0 Å². The van der Waals surface area contributed by atoms with Gasteiger partial charge < -0.3 is 9.47 Å². The predicted octanol–water partition coefficient (Wildman–Crippen LogP) is 2.64. The van der Waals surface area contributed by atoms with Crippen LogP contribution in [-0.2, 0) is 16.1 Å². The van der Waals surface area contributed by atoms with E-state index in [0.717, 1.165) is 31.4 Å². The Morgan fingerprint density at radius 2 is 2.12 bits per heavy atom. The van der Waals surface area contributed by atoms with Crippen molar-refractivity contribution in [3.8, 4) is 0 Å². The van der Waals surface area contributed by atoms with Gasteiger partial charge in [-0.15, -0.1) is 0 Å². The van der Waals surface area contributed by atoms with Crippen molar-refractivity contribution in [3.05, 3.63) is 39.9 Å². The molecule has 0 aromatic heterocycles. The van der Waals surface area contributed by atoms with Crippen LogP contribution in [0.1, 0.15) is 24.8 Å². The van der Waals surface area contributed by atoms with E-state index in [1.54, 1.807) is 12.1 Å². The standard InChI is InChI=1S/C12H15NO4/c14-13(15)11-6-4-10(5-7-11)9-17-12-3-1-2-8-16-12/h4-7,12H,1-3,8-9H2. The lowest BCUT2D eigenvalue weighted by molar-refractivity contribution is -0.384.